The lowest BCUT2D eigenvalue weighted by Crippen LogP contribution is -2.26. The smallest absolute Gasteiger partial charge is 0.344 e. The number of aliphatic carboxylic acids is 1. The molecular formula is C23H26N2O4. The second-order valence-corrected chi connectivity index (χ2v) is 6.91. The van der Waals surface area contributed by atoms with Crippen molar-refractivity contribution in [1.29, 1.82) is 0 Å². The van der Waals surface area contributed by atoms with Gasteiger partial charge in [-0.15, -0.1) is 0 Å². The Bertz CT molecular complexity index is 1020. The van der Waals surface area contributed by atoms with Gasteiger partial charge in [0.25, 0.3) is 0 Å². The van der Waals surface area contributed by atoms with Gasteiger partial charge in [0.05, 0.1) is 12.3 Å². The molecule has 0 bridgehead atoms. The fourth-order valence-corrected chi connectivity index (χ4v) is 3.14. The van der Waals surface area contributed by atoms with Gasteiger partial charge in [0.15, 0.2) is 6.10 Å². The Morgan fingerprint density at radius 2 is 2.00 bits per heavy atom. The summed E-state index contributed by atoms with van der Waals surface area (Å²) in [6, 6.07) is 15.9. The van der Waals surface area contributed by atoms with Crippen molar-refractivity contribution in [1.82, 2.24) is 4.57 Å². The highest BCUT2D eigenvalue weighted by atomic mass is 16.6. The van der Waals surface area contributed by atoms with E-state index in [2.05, 4.69) is 27.9 Å². The monoisotopic (exact) mass is 394 g/mol. The summed E-state index contributed by atoms with van der Waals surface area (Å²) in [5.74, 6) is -0.395. The van der Waals surface area contributed by atoms with Crippen LogP contribution in [-0.2, 0) is 16.2 Å². The topological polar surface area (TPSA) is 73.0 Å². The number of aryl methyl sites for hydroxylation is 1. The van der Waals surface area contributed by atoms with E-state index in [1.807, 2.05) is 44.3 Å². The Labute approximate surface area is 170 Å². The molecule has 3 aromatic rings. The molecule has 0 saturated heterocycles. The van der Waals surface area contributed by atoms with Crippen molar-refractivity contribution in [2.45, 2.75) is 39.8 Å². The zero-order valence-corrected chi connectivity index (χ0v) is 17.0. The number of hydrogen-bond acceptors (Lipinski definition) is 4. The summed E-state index contributed by atoms with van der Waals surface area (Å²) in [5, 5.41) is 14.6. The van der Waals surface area contributed by atoms with E-state index < -0.39 is 12.1 Å². The third-order valence-electron chi connectivity index (χ3n) is 4.81. The molecule has 0 fully saturated rings. The van der Waals surface area contributed by atoms with E-state index in [9.17, 15) is 4.79 Å². The molecule has 152 valence electrons. The number of oxime groups is 1. The van der Waals surface area contributed by atoms with Crippen molar-refractivity contribution < 1.29 is 19.5 Å². The fraction of sp³-hybridized carbons (Fsp3) is 0.304. The van der Waals surface area contributed by atoms with Gasteiger partial charge in [0.2, 0.25) is 0 Å². The molecule has 0 spiro atoms. The number of para-hydroxylation sites is 1. The highest BCUT2D eigenvalue weighted by molar-refractivity contribution is 5.98. The van der Waals surface area contributed by atoms with Crippen molar-refractivity contribution in [3.8, 4) is 5.75 Å². The van der Waals surface area contributed by atoms with Crippen LogP contribution in [0.25, 0.3) is 10.9 Å². The van der Waals surface area contributed by atoms with E-state index in [0.29, 0.717) is 25.3 Å². The van der Waals surface area contributed by atoms with Gasteiger partial charge in [0.1, 0.15) is 12.4 Å². The van der Waals surface area contributed by atoms with Crippen molar-refractivity contribution in [2.75, 3.05) is 6.61 Å². The predicted molar refractivity (Wildman–Crippen MR) is 114 cm³/mol. The summed E-state index contributed by atoms with van der Waals surface area (Å²) in [7, 11) is 0. The van der Waals surface area contributed by atoms with Crippen LogP contribution in [0.1, 0.15) is 31.4 Å². The molecule has 3 rings (SSSR count). The van der Waals surface area contributed by atoms with Gasteiger partial charge < -0.3 is 19.2 Å². The van der Waals surface area contributed by atoms with Crippen LogP contribution in [0.4, 0.5) is 0 Å². The zero-order valence-electron chi connectivity index (χ0n) is 17.0. The molecular weight excluding hydrogens is 368 g/mol. The van der Waals surface area contributed by atoms with E-state index in [4.69, 9.17) is 14.7 Å². The molecule has 29 heavy (non-hydrogen) atoms. The number of ether oxygens (including phenoxy) is 1. The Morgan fingerprint density at radius 3 is 2.72 bits per heavy atom. The molecule has 1 aromatic heterocycles. The highest BCUT2D eigenvalue weighted by Crippen LogP contribution is 2.22. The first-order chi connectivity index (χ1) is 14.0. The van der Waals surface area contributed by atoms with E-state index in [0.717, 1.165) is 16.8 Å². The first kappa shape index (κ1) is 20.5. The number of carboxylic acids is 1. The number of carboxylic acid groups (broad SMARTS) is 1. The van der Waals surface area contributed by atoms with Crippen LogP contribution in [0.5, 0.6) is 5.75 Å². The second kappa shape index (κ2) is 9.28. The number of rotatable bonds is 9. The summed E-state index contributed by atoms with van der Waals surface area (Å²) in [6.45, 7) is 6.73. The largest absolute Gasteiger partial charge is 0.479 e. The van der Waals surface area contributed by atoms with Gasteiger partial charge in [-0.1, -0.05) is 30.3 Å². The molecule has 6 nitrogen and oxygen atoms in total. The van der Waals surface area contributed by atoms with Crippen molar-refractivity contribution >= 4 is 22.6 Å². The van der Waals surface area contributed by atoms with Crippen LogP contribution in [0.3, 0.4) is 0 Å². The van der Waals surface area contributed by atoms with Gasteiger partial charge in [-0.25, -0.2) is 4.79 Å². The van der Waals surface area contributed by atoms with E-state index in [-0.39, 0.29) is 0 Å². The van der Waals surface area contributed by atoms with Crippen molar-refractivity contribution in [3.05, 3.63) is 65.9 Å². The Kier molecular flexibility index (Phi) is 6.54. The Balaban J connectivity index is 1.59. The van der Waals surface area contributed by atoms with Gasteiger partial charge in [0, 0.05) is 11.7 Å². The summed E-state index contributed by atoms with van der Waals surface area (Å²) in [4.78, 5) is 16.7. The molecule has 1 N–H and O–H groups in total. The molecule has 2 aromatic carbocycles. The summed E-state index contributed by atoms with van der Waals surface area (Å²) < 4.78 is 7.73. The lowest BCUT2D eigenvalue weighted by molar-refractivity contribution is -0.145. The molecule has 0 aliphatic heterocycles. The number of aromatic nitrogens is 1. The zero-order chi connectivity index (χ0) is 20.8. The molecule has 1 atom stereocenters. The first-order valence-electron chi connectivity index (χ1n) is 9.70. The van der Waals surface area contributed by atoms with Crippen molar-refractivity contribution in [2.24, 2.45) is 5.16 Å². The Morgan fingerprint density at radius 1 is 1.21 bits per heavy atom. The quantitative estimate of drug-likeness (QED) is 0.326. The van der Waals surface area contributed by atoms with Gasteiger partial charge >= 0.3 is 5.97 Å². The molecule has 0 saturated carbocycles. The molecule has 0 aliphatic rings. The highest BCUT2D eigenvalue weighted by Gasteiger charge is 2.17. The van der Waals surface area contributed by atoms with Crippen LogP contribution in [0, 0.1) is 6.92 Å². The average molecular weight is 394 g/mol. The van der Waals surface area contributed by atoms with Gasteiger partial charge in [-0.2, -0.15) is 0 Å². The van der Waals surface area contributed by atoms with E-state index in [1.54, 1.807) is 13.0 Å². The lowest BCUT2D eigenvalue weighted by atomic mass is 10.1. The normalized spacial score (nSPS) is 12.7. The maximum Gasteiger partial charge on any atom is 0.344 e. The molecule has 6 heteroatoms. The van der Waals surface area contributed by atoms with E-state index in [1.165, 1.54) is 10.9 Å². The maximum atomic E-state index is 11.2. The lowest BCUT2D eigenvalue weighted by Gasteiger charge is -2.15. The number of hydrogen-bond donors (Lipinski definition) is 1. The molecule has 0 radical (unpaired) electrons. The molecule has 0 amide bonds. The van der Waals surface area contributed by atoms with Crippen LogP contribution in [0.2, 0.25) is 0 Å². The third-order valence-corrected chi connectivity index (χ3v) is 4.81. The summed E-state index contributed by atoms with van der Waals surface area (Å²) >= 11 is 0. The maximum absolute atomic E-state index is 11.2. The summed E-state index contributed by atoms with van der Waals surface area (Å²) in [6.07, 6.45) is 1.61. The standard InChI is InChI=1S/C23H26N2O4/c1-4-21(23(26)27)29-22-10-9-19(15-16(22)2)17(3)24-28-14-13-25-12-11-18-7-5-6-8-20(18)25/h5-12,15,21H,4,13-14H2,1-3H3,(H,26,27)/b24-17+. The van der Waals surface area contributed by atoms with Gasteiger partial charge in [-0.05, 0) is 67.1 Å². The number of nitrogens with zero attached hydrogens (tertiary/aromatic N) is 2. The number of benzene rings is 2. The summed E-state index contributed by atoms with van der Waals surface area (Å²) in [5.41, 5.74) is 3.69. The van der Waals surface area contributed by atoms with Crippen LogP contribution >= 0.6 is 0 Å². The number of fused-ring (bicyclic) bond motifs is 1. The van der Waals surface area contributed by atoms with Crippen LogP contribution in [-0.4, -0.2) is 34.1 Å². The minimum absolute atomic E-state index is 0.404. The molecule has 1 unspecified atom stereocenters. The average Bonchev–Trinajstić information content (AvgIpc) is 3.13. The first-order valence-corrected chi connectivity index (χ1v) is 9.70. The molecule has 1 heterocycles. The predicted octanol–water partition coefficient (Wildman–Crippen LogP) is 4.63. The van der Waals surface area contributed by atoms with Gasteiger partial charge in [-0.3, -0.25) is 0 Å². The SMILES string of the molecule is CCC(Oc1ccc(/C(C)=N/OCCn2ccc3ccccc32)cc1C)C(=O)O. The third kappa shape index (κ3) is 4.96. The second-order valence-electron chi connectivity index (χ2n) is 6.91. The van der Waals surface area contributed by atoms with Crippen LogP contribution < -0.4 is 4.74 Å². The Hall–Kier alpha value is -3.28. The minimum atomic E-state index is -0.961. The minimum Gasteiger partial charge on any atom is -0.479 e. The van der Waals surface area contributed by atoms with Crippen LogP contribution in [0.15, 0.2) is 59.9 Å². The molecule has 0 aliphatic carbocycles. The number of carbonyl (C=O) groups is 1. The van der Waals surface area contributed by atoms with Crippen molar-refractivity contribution in [3.63, 3.8) is 0 Å². The van der Waals surface area contributed by atoms with E-state index >= 15 is 0 Å². The fourth-order valence-electron chi connectivity index (χ4n) is 3.14.